The Kier molecular flexibility index (Phi) is 6.74. The summed E-state index contributed by atoms with van der Waals surface area (Å²) in [6, 6.07) is 3.13. The first-order chi connectivity index (χ1) is 9.83. The Morgan fingerprint density at radius 2 is 2.00 bits per heavy atom. The van der Waals surface area contributed by atoms with Crippen LogP contribution in [0.1, 0.15) is 5.56 Å². The topological polar surface area (TPSA) is 73.2 Å². The van der Waals surface area contributed by atoms with Gasteiger partial charge in [-0.2, -0.15) is 0 Å². The van der Waals surface area contributed by atoms with E-state index >= 15 is 0 Å². The molecule has 0 aliphatic heterocycles. The number of carboxylic acid groups (broad SMARTS) is 1. The van der Waals surface area contributed by atoms with Crippen LogP contribution in [-0.4, -0.2) is 66.8 Å². The number of nitrogens with zero attached hydrogens (tertiary/aromatic N) is 2. The average Bonchev–Trinajstić information content (AvgIpc) is 2.39. The molecule has 0 saturated heterocycles. The predicted molar refractivity (Wildman–Crippen MR) is 81.1 cm³/mol. The minimum absolute atomic E-state index is 0.0119. The lowest BCUT2D eigenvalue weighted by Crippen LogP contribution is -2.35. The Hall–Kier alpha value is -1.50. The molecule has 0 heterocycles. The van der Waals surface area contributed by atoms with Crippen LogP contribution in [0.2, 0.25) is 5.02 Å². The number of methoxy groups -OCH3 is 1. The molecule has 0 radical (unpaired) electrons. The largest absolute Gasteiger partial charge is 0.504 e. The van der Waals surface area contributed by atoms with Gasteiger partial charge in [0, 0.05) is 36.3 Å². The molecule has 2 N–H and O–H groups in total. The van der Waals surface area contributed by atoms with E-state index in [9.17, 15) is 9.90 Å². The van der Waals surface area contributed by atoms with Gasteiger partial charge < -0.3 is 19.8 Å². The number of benzene rings is 1. The number of hydrogen-bond donors (Lipinski definition) is 2. The minimum atomic E-state index is -0.915. The van der Waals surface area contributed by atoms with Gasteiger partial charge in [0.1, 0.15) is 0 Å². The van der Waals surface area contributed by atoms with Crippen LogP contribution in [0.4, 0.5) is 0 Å². The fourth-order valence-electron chi connectivity index (χ4n) is 1.89. The summed E-state index contributed by atoms with van der Waals surface area (Å²) in [5.74, 6) is -0.648. The zero-order valence-electron chi connectivity index (χ0n) is 12.5. The predicted octanol–water partition coefficient (Wildman–Crippen LogP) is 1.50. The van der Waals surface area contributed by atoms with Gasteiger partial charge in [-0.15, -0.1) is 0 Å². The van der Waals surface area contributed by atoms with Crippen LogP contribution in [0, 0.1) is 0 Å². The highest BCUT2D eigenvalue weighted by Gasteiger charge is 2.16. The molecule has 0 fully saturated rings. The van der Waals surface area contributed by atoms with Crippen molar-refractivity contribution in [2.24, 2.45) is 0 Å². The number of aromatic hydroxyl groups is 1. The van der Waals surface area contributed by atoms with Gasteiger partial charge in [0.05, 0.1) is 13.7 Å². The molecule has 7 heteroatoms. The van der Waals surface area contributed by atoms with Crippen molar-refractivity contribution in [1.82, 2.24) is 9.80 Å². The highest BCUT2D eigenvalue weighted by molar-refractivity contribution is 6.30. The van der Waals surface area contributed by atoms with E-state index in [4.69, 9.17) is 21.4 Å². The normalized spacial score (nSPS) is 11.1. The first-order valence-electron chi connectivity index (χ1n) is 6.47. The molecule has 0 bridgehead atoms. The van der Waals surface area contributed by atoms with Gasteiger partial charge in [-0.25, -0.2) is 0 Å². The zero-order chi connectivity index (χ0) is 16.0. The second-order valence-electron chi connectivity index (χ2n) is 5.02. The zero-order valence-corrected chi connectivity index (χ0v) is 13.2. The van der Waals surface area contributed by atoms with Crippen molar-refractivity contribution in [2.45, 2.75) is 6.54 Å². The van der Waals surface area contributed by atoms with Crippen LogP contribution in [-0.2, 0) is 11.3 Å². The lowest BCUT2D eigenvalue weighted by atomic mass is 10.1. The molecule has 1 rings (SSSR count). The summed E-state index contributed by atoms with van der Waals surface area (Å²) in [7, 11) is 5.27. The Balaban J connectivity index is 2.91. The van der Waals surface area contributed by atoms with Gasteiger partial charge in [-0.05, 0) is 20.2 Å². The van der Waals surface area contributed by atoms with Crippen LogP contribution < -0.4 is 4.74 Å². The van der Waals surface area contributed by atoms with Crippen molar-refractivity contribution >= 4 is 17.6 Å². The molecule has 0 aliphatic carbocycles. The number of ether oxygens (including phenoxy) is 1. The molecule has 0 aliphatic rings. The van der Waals surface area contributed by atoms with E-state index in [-0.39, 0.29) is 24.6 Å². The van der Waals surface area contributed by atoms with E-state index in [1.165, 1.54) is 13.2 Å². The number of aliphatic carboxylic acids is 1. The molecule has 0 unspecified atom stereocenters. The van der Waals surface area contributed by atoms with Gasteiger partial charge in [-0.1, -0.05) is 11.6 Å². The molecular weight excluding hydrogens is 296 g/mol. The number of rotatable bonds is 8. The third-order valence-electron chi connectivity index (χ3n) is 2.95. The number of carbonyl (C=O) groups is 1. The summed E-state index contributed by atoms with van der Waals surface area (Å²) in [5.41, 5.74) is 0.541. The molecule has 118 valence electrons. The molecular formula is C14H21ClN2O4. The molecule has 0 atom stereocenters. The van der Waals surface area contributed by atoms with Gasteiger partial charge in [-0.3, -0.25) is 9.69 Å². The number of hydrogen-bond acceptors (Lipinski definition) is 5. The van der Waals surface area contributed by atoms with Crippen molar-refractivity contribution in [1.29, 1.82) is 0 Å². The standard InChI is InChI=1S/C14H21ClN2O4/c1-16(2)4-5-17(9-13(18)19)8-10-6-11(15)7-12(21-3)14(10)20/h6-7,20H,4-5,8-9H2,1-3H3,(H,18,19). The third kappa shape index (κ3) is 5.79. The van der Waals surface area contributed by atoms with E-state index in [0.717, 1.165) is 0 Å². The van der Waals surface area contributed by atoms with Gasteiger partial charge in [0.25, 0.3) is 0 Å². The van der Waals surface area contributed by atoms with Gasteiger partial charge >= 0.3 is 5.97 Å². The molecule has 1 aromatic carbocycles. The Labute approximate surface area is 129 Å². The molecule has 21 heavy (non-hydrogen) atoms. The molecule has 0 amide bonds. The Bertz CT molecular complexity index is 494. The number of phenolic OH excluding ortho intramolecular Hbond substituents is 1. The fourth-order valence-corrected chi connectivity index (χ4v) is 2.12. The maximum atomic E-state index is 11.0. The highest BCUT2D eigenvalue weighted by Crippen LogP contribution is 2.34. The molecule has 6 nitrogen and oxygen atoms in total. The highest BCUT2D eigenvalue weighted by atomic mass is 35.5. The number of phenols is 1. The van der Waals surface area contributed by atoms with Crippen molar-refractivity contribution < 1.29 is 19.7 Å². The van der Waals surface area contributed by atoms with E-state index in [2.05, 4.69) is 0 Å². The molecule has 0 saturated carbocycles. The van der Waals surface area contributed by atoms with Gasteiger partial charge in [0.2, 0.25) is 0 Å². The first kappa shape index (κ1) is 17.6. The van der Waals surface area contributed by atoms with Crippen molar-refractivity contribution in [3.8, 4) is 11.5 Å². The van der Waals surface area contributed by atoms with Crippen molar-refractivity contribution in [2.75, 3.05) is 40.8 Å². The SMILES string of the molecule is COc1cc(Cl)cc(CN(CCN(C)C)CC(=O)O)c1O. The fraction of sp³-hybridized carbons (Fsp3) is 0.500. The van der Waals surface area contributed by atoms with Gasteiger partial charge in [0.15, 0.2) is 11.5 Å². The van der Waals surface area contributed by atoms with E-state index in [1.54, 1.807) is 11.0 Å². The van der Waals surface area contributed by atoms with E-state index in [0.29, 0.717) is 23.7 Å². The first-order valence-corrected chi connectivity index (χ1v) is 6.85. The van der Waals surface area contributed by atoms with Crippen molar-refractivity contribution in [3.05, 3.63) is 22.7 Å². The van der Waals surface area contributed by atoms with E-state index in [1.807, 2.05) is 19.0 Å². The maximum Gasteiger partial charge on any atom is 0.317 e. The van der Waals surface area contributed by atoms with Crippen LogP contribution in [0.25, 0.3) is 0 Å². The maximum absolute atomic E-state index is 11.0. The molecule has 1 aromatic rings. The summed E-state index contributed by atoms with van der Waals surface area (Å²) in [4.78, 5) is 14.6. The monoisotopic (exact) mass is 316 g/mol. The number of likely N-dealkylation sites (N-methyl/N-ethyl adjacent to an activating group) is 1. The van der Waals surface area contributed by atoms with Crippen LogP contribution in [0.15, 0.2) is 12.1 Å². The summed E-state index contributed by atoms with van der Waals surface area (Å²) in [6.45, 7) is 1.45. The van der Waals surface area contributed by atoms with E-state index < -0.39 is 5.97 Å². The summed E-state index contributed by atoms with van der Waals surface area (Å²) >= 11 is 5.98. The quantitative estimate of drug-likeness (QED) is 0.757. The summed E-state index contributed by atoms with van der Waals surface area (Å²) in [5, 5.41) is 19.5. The van der Waals surface area contributed by atoms with Crippen LogP contribution in [0.3, 0.4) is 0 Å². The summed E-state index contributed by atoms with van der Waals surface area (Å²) in [6.07, 6.45) is 0. The second-order valence-corrected chi connectivity index (χ2v) is 5.46. The lowest BCUT2D eigenvalue weighted by Gasteiger charge is -2.23. The summed E-state index contributed by atoms with van der Waals surface area (Å²) < 4.78 is 5.05. The molecule has 0 aromatic heterocycles. The smallest absolute Gasteiger partial charge is 0.317 e. The average molecular weight is 317 g/mol. The Morgan fingerprint density at radius 1 is 1.33 bits per heavy atom. The second kappa shape index (κ2) is 8.07. The minimum Gasteiger partial charge on any atom is -0.504 e. The lowest BCUT2D eigenvalue weighted by molar-refractivity contribution is -0.138. The third-order valence-corrected chi connectivity index (χ3v) is 3.17. The molecule has 0 spiro atoms. The van der Waals surface area contributed by atoms with Crippen LogP contribution in [0.5, 0.6) is 11.5 Å². The van der Waals surface area contributed by atoms with Crippen LogP contribution >= 0.6 is 11.6 Å². The Morgan fingerprint density at radius 3 is 2.52 bits per heavy atom. The number of carboxylic acids is 1. The number of halogens is 1. The van der Waals surface area contributed by atoms with Crippen molar-refractivity contribution in [3.63, 3.8) is 0 Å².